The lowest BCUT2D eigenvalue weighted by atomic mass is 10.2. The first-order valence-corrected chi connectivity index (χ1v) is 6.42. The number of rotatable bonds is 3. The number of aromatic nitrogens is 1. The Morgan fingerprint density at radius 3 is 2.67 bits per heavy atom. The third kappa shape index (κ3) is 4.14. The van der Waals surface area contributed by atoms with E-state index in [4.69, 9.17) is 26.3 Å². The van der Waals surface area contributed by atoms with Crippen LogP contribution >= 0.6 is 11.6 Å². The highest BCUT2D eigenvalue weighted by Crippen LogP contribution is 2.27. The fraction of sp³-hybridized carbons (Fsp3) is 0.125. The Morgan fingerprint density at radius 2 is 2.00 bits per heavy atom. The second-order valence-corrected chi connectivity index (χ2v) is 4.32. The SMILES string of the molecule is COc1cc(C#N)ccc1OCC#Cc1ccc(Cl)nc1. The van der Waals surface area contributed by atoms with Gasteiger partial charge in [0.2, 0.25) is 0 Å². The van der Waals surface area contributed by atoms with Gasteiger partial charge in [-0.1, -0.05) is 23.4 Å². The Balaban J connectivity index is 2.01. The van der Waals surface area contributed by atoms with E-state index in [1.165, 1.54) is 7.11 Å². The lowest BCUT2D eigenvalue weighted by molar-refractivity contribution is 0.331. The van der Waals surface area contributed by atoms with Crippen LogP contribution in [0.5, 0.6) is 11.5 Å². The molecule has 4 nitrogen and oxygen atoms in total. The summed E-state index contributed by atoms with van der Waals surface area (Å²) in [6.45, 7) is 0.199. The Bertz CT molecular complexity index is 725. The number of pyridine rings is 1. The second-order valence-electron chi connectivity index (χ2n) is 3.94. The van der Waals surface area contributed by atoms with Gasteiger partial charge in [0, 0.05) is 17.8 Å². The van der Waals surface area contributed by atoms with Gasteiger partial charge in [-0.3, -0.25) is 0 Å². The monoisotopic (exact) mass is 298 g/mol. The zero-order chi connectivity index (χ0) is 15.1. The van der Waals surface area contributed by atoms with Crippen LogP contribution in [-0.2, 0) is 0 Å². The molecule has 0 aliphatic heterocycles. The van der Waals surface area contributed by atoms with E-state index in [1.54, 1.807) is 36.5 Å². The highest BCUT2D eigenvalue weighted by molar-refractivity contribution is 6.29. The zero-order valence-electron chi connectivity index (χ0n) is 11.3. The van der Waals surface area contributed by atoms with E-state index in [-0.39, 0.29) is 6.61 Å². The van der Waals surface area contributed by atoms with Gasteiger partial charge in [-0.05, 0) is 24.3 Å². The molecule has 0 fully saturated rings. The van der Waals surface area contributed by atoms with Crippen LogP contribution in [0.2, 0.25) is 5.15 Å². The quantitative estimate of drug-likeness (QED) is 0.645. The fourth-order valence-corrected chi connectivity index (χ4v) is 1.67. The number of halogens is 1. The lowest BCUT2D eigenvalue weighted by Crippen LogP contribution is -1.97. The van der Waals surface area contributed by atoms with Crippen molar-refractivity contribution in [3.05, 3.63) is 52.8 Å². The molecule has 0 spiro atoms. The molecule has 5 heteroatoms. The number of benzene rings is 1. The summed E-state index contributed by atoms with van der Waals surface area (Å²) in [7, 11) is 1.52. The summed E-state index contributed by atoms with van der Waals surface area (Å²) in [5.74, 6) is 6.83. The average molecular weight is 299 g/mol. The van der Waals surface area contributed by atoms with Crippen molar-refractivity contribution < 1.29 is 9.47 Å². The van der Waals surface area contributed by atoms with E-state index in [0.717, 1.165) is 5.56 Å². The maximum atomic E-state index is 8.82. The third-order valence-corrected chi connectivity index (χ3v) is 2.78. The van der Waals surface area contributed by atoms with Crippen molar-refractivity contribution in [3.63, 3.8) is 0 Å². The van der Waals surface area contributed by atoms with E-state index < -0.39 is 0 Å². The van der Waals surface area contributed by atoms with Crippen molar-refractivity contribution in [2.75, 3.05) is 13.7 Å². The molecule has 1 aromatic carbocycles. The van der Waals surface area contributed by atoms with Crippen molar-refractivity contribution in [3.8, 4) is 29.4 Å². The predicted octanol–water partition coefficient (Wildman–Crippen LogP) is 3.05. The van der Waals surface area contributed by atoms with Crippen LogP contribution in [0, 0.1) is 23.2 Å². The first kappa shape index (κ1) is 14.7. The van der Waals surface area contributed by atoms with Crippen LogP contribution in [0.1, 0.15) is 11.1 Å². The number of methoxy groups -OCH3 is 1. The van der Waals surface area contributed by atoms with Crippen LogP contribution in [0.4, 0.5) is 0 Å². The summed E-state index contributed by atoms with van der Waals surface area (Å²) >= 11 is 5.69. The smallest absolute Gasteiger partial charge is 0.162 e. The molecule has 2 rings (SSSR count). The summed E-state index contributed by atoms with van der Waals surface area (Å²) in [6, 6.07) is 10.5. The van der Waals surface area contributed by atoms with Crippen molar-refractivity contribution in [2.45, 2.75) is 0 Å². The molecule has 0 N–H and O–H groups in total. The summed E-state index contributed by atoms with van der Waals surface area (Å²) < 4.78 is 10.7. The van der Waals surface area contributed by atoms with Crippen LogP contribution < -0.4 is 9.47 Å². The molecule has 0 aliphatic rings. The highest BCUT2D eigenvalue weighted by Gasteiger charge is 2.04. The van der Waals surface area contributed by atoms with Gasteiger partial charge in [-0.25, -0.2) is 4.98 Å². The number of nitrogens with zero attached hydrogens (tertiary/aromatic N) is 2. The van der Waals surface area contributed by atoms with Gasteiger partial charge in [0.05, 0.1) is 18.7 Å². The first-order valence-electron chi connectivity index (χ1n) is 6.04. The molecule has 0 saturated heterocycles. The maximum Gasteiger partial charge on any atom is 0.162 e. The van der Waals surface area contributed by atoms with Crippen LogP contribution in [0.3, 0.4) is 0 Å². The van der Waals surface area contributed by atoms with Crippen molar-refractivity contribution in [1.29, 1.82) is 5.26 Å². The molecule has 0 radical (unpaired) electrons. The molecule has 0 bridgehead atoms. The second kappa shape index (κ2) is 7.19. The minimum atomic E-state index is 0.199. The zero-order valence-corrected chi connectivity index (χ0v) is 12.0. The minimum absolute atomic E-state index is 0.199. The molecule has 0 saturated carbocycles. The maximum absolute atomic E-state index is 8.82. The van der Waals surface area contributed by atoms with Crippen LogP contribution in [0.25, 0.3) is 0 Å². The molecule has 1 heterocycles. The molecular formula is C16H11ClN2O2. The molecule has 0 unspecified atom stereocenters. The van der Waals surface area contributed by atoms with E-state index in [0.29, 0.717) is 22.2 Å². The van der Waals surface area contributed by atoms with Gasteiger partial charge in [0.1, 0.15) is 11.8 Å². The van der Waals surface area contributed by atoms with E-state index in [1.807, 2.05) is 6.07 Å². The summed E-state index contributed by atoms with van der Waals surface area (Å²) in [5, 5.41) is 9.25. The average Bonchev–Trinajstić information content (AvgIpc) is 2.53. The van der Waals surface area contributed by atoms with E-state index >= 15 is 0 Å². The lowest BCUT2D eigenvalue weighted by Gasteiger charge is -2.08. The van der Waals surface area contributed by atoms with Gasteiger partial charge in [-0.15, -0.1) is 0 Å². The fourth-order valence-electron chi connectivity index (χ4n) is 1.56. The standard InChI is InChI=1S/C16H11ClN2O2/c1-20-15-9-13(10-18)4-6-14(15)21-8-2-3-12-5-7-16(17)19-11-12/h4-7,9,11H,8H2,1H3. The Hall–Kier alpha value is -2.69. The normalized spacial score (nSPS) is 9.19. The number of hydrogen-bond donors (Lipinski definition) is 0. The molecule has 0 atom stereocenters. The van der Waals surface area contributed by atoms with E-state index in [9.17, 15) is 0 Å². The molecule has 104 valence electrons. The Morgan fingerprint density at radius 1 is 1.19 bits per heavy atom. The summed E-state index contributed by atoms with van der Waals surface area (Å²) in [4.78, 5) is 3.93. The predicted molar refractivity (Wildman–Crippen MR) is 79.3 cm³/mol. The van der Waals surface area contributed by atoms with E-state index in [2.05, 4.69) is 16.8 Å². The largest absolute Gasteiger partial charge is 0.493 e. The van der Waals surface area contributed by atoms with Gasteiger partial charge in [0.15, 0.2) is 11.5 Å². The first-order chi connectivity index (χ1) is 10.2. The van der Waals surface area contributed by atoms with Crippen LogP contribution in [0.15, 0.2) is 36.5 Å². The molecule has 2 aromatic rings. The molecular weight excluding hydrogens is 288 g/mol. The summed E-state index contributed by atoms with van der Waals surface area (Å²) in [6.07, 6.45) is 1.59. The van der Waals surface area contributed by atoms with Crippen molar-refractivity contribution in [1.82, 2.24) is 4.98 Å². The Kier molecular flexibility index (Phi) is 5.04. The van der Waals surface area contributed by atoms with Crippen LogP contribution in [-0.4, -0.2) is 18.7 Å². The third-order valence-electron chi connectivity index (χ3n) is 2.55. The molecule has 21 heavy (non-hydrogen) atoms. The topological polar surface area (TPSA) is 55.1 Å². The molecule has 0 aliphatic carbocycles. The van der Waals surface area contributed by atoms with Crippen molar-refractivity contribution >= 4 is 11.6 Å². The molecule has 1 aromatic heterocycles. The molecule has 0 amide bonds. The highest BCUT2D eigenvalue weighted by atomic mass is 35.5. The van der Waals surface area contributed by atoms with Gasteiger partial charge >= 0.3 is 0 Å². The van der Waals surface area contributed by atoms with Crippen molar-refractivity contribution in [2.24, 2.45) is 0 Å². The summed E-state index contributed by atoms with van der Waals surface area (Å²) in [5.41, 5.74) is 1.27. The Labute approximate surface area is 127 Å². The number of ether oxygens (including phenoxy) is 2. The van der Waals surface area contributed by atoms with Gasteiger partial charge in [0.25, 0.3) is 0 Å². The number of hydrogen-bond acceptors (Lipinski definition) is 4. The number of nitriles is 1. The van der Waals surface area contributed by atoms with Gasteiger partial charge < -0.3 is 9.47 Å². The minimum Gasteiger partial charge on any atom is -0.493 e. The van der Waals surface area contributed by atoms with Gasteiger partial charge in [-0.2, -0.15) is 5.26 Å².